The summed E-state index contributed by atoms with van der Waals surface area (Å²) in [7, 11) is 0. The molecule has 0 aromatic heterocycles. The maximum absolute atomic E-state index is 12.6. The summed E-state index contributed by atoms with van der Waals surface area (Å²) in [5.41, 5.74) is 0.117. The zero-order valence-electron chi connectivity index (χ0n) is 15.7. The lowest BCUT2D eigenvalue weighted by atomic mass is 10.2. The van der Waals surface area contributed by atoms with E-state index >= 15 is 0 Å². The second-order valence-electron chi connectivity index (χ2n) is 6.96. The van der Waals surface area contributed by atoms with Crippen molar-refractivity contribution in [2.45, 2.75) is 39.8 Å². The molecule has 1 rings (SSSR count). The van der Waals surface area contributed by atoms with Gasteiger partial charge in [-0.15, -0.1) is 0 Å². The zero-order chi connectivity index (χ0) is 19.7. The summed E-state index contributed by atoms with van der Waals surface area (Å²) in [6, 6.07) is 9.22. The number of ketones is 1. The number of amides is 2. The number of rotatable bonds is 8. The maximum Gasteiger partial charge on any atom is 0.411 e. The molecule has 26 heavy (non-hydrogen) atoms. The Kier molecular flexibility index (Phi) is 7.96. The first kappa shape index (κ1) is 21.3. The van der Waals surface area contributed by atoms with Gasteiger partial charge in [0.05, 0.1) is 13.1 Å². The van der Waals surface area contributed by atoms with E-state index in [1.807, 2.05) is 30.3 Å². The van der Waals surface area contributed by atoms with Crippen LogP contribution in [-0.4, -0.2) is 59.1 Å². The van der Waals surface area contributed by atoms with E-state index in [-0.39, 0.29) is 32.0 Å². The van der Waals surface area contributed by atoms with Crippen molar-refractivity contribution in [2.24, 2.45) is 0 Å². The first-order chi connectivity index (χ1) is 12.1. The Hall–Kier alpha value is -2.70. The number of ether oxygens (including phenoxy) is 1. The van der Waals surface area contributed by atoms with Gasteiger partial charge in [0.2, 0.25) is 5.91 Å². The quantitative estimate of drug-likeness (QED) is 0.661. The number of benzene rings is 1. The number of carbonyl (C=O) groups excluding carboxylic acids is 4. The van der Waals surface area contributed by atoms with Gasteiger partial charge in [-0.05, 0) is 33.3 Å². The lowest BCUT2D eigenvalue weighted by Crippen LogP contribution is -2.46. The van der Waals surface area contributed by atoms with Crippen LogP contribution in [0.4, 0.5) is 4.79 Å². The number of nitrogens with zero attached hydrogens (tertiary/aromatic N) is 2. The van der Waals surface area contributed by atoms with E-state index in [0.29, 0.717) is 6.29 Å². The van der Waals surface area contributed by atoms with Gasteiger partial charge in [0, 0.05) is 6.54 Å². The van der Waals surface area contributed by atoms with Crippen LogP contribution in [0.1, 0.15) is 33.3 Å². The van der Waals surface area contributed by atoms with Crippen LogP contribution in [0, 0.1) is 0 Å². The minimum absolute atomic E-state index is 0.0724. The topological polar surface area (TPSA) is 84.0 Å². The molecule has 0 bridgehead atoms. The molecule has 1 aromatic carbocycles. The molecule has 142 valence electrons. The monoisotopic (exact) mass is 362 g/mol. The van der Waals surface area contributed by atoms with Crippen LogP contribution >= 0.6 is 0 Å². The van der Waals surface area contributed by atoms with E-state index in [1.165, 1.54) is 11.8 Å². The summed E-state index contributed by atoms with van der Waals surface area (Å²) >= 11 is 0. The highest BCUT2D eigenvalue weighted by atomic mass is 16.6. The van der Waals surface area contributed by atoms with E-state index in [1.54, 1.807) is 20.8 Å². The average molecular weight is 362 g/mol. The molecule has 7 nitrogen and oxygen atoms in total. The second kappa shape index (κ2) is 9.70. The normalized spacial score (nSPS) is 10.8. The van der Waals surface area contributed by atoms with E-state index in [0.717, 1.165) is 10.5 Å². The SMILES string of the molecule is CC(=O)CN(Cc1ccccc1)C(=O)CN(CC=O)C(=O)OC(C)(C)C. The molecule has 0 unspecified atom stereocenters. The van der Waals surface area contributed by atoms with Gasteiger partial charge >= 0.3 is 6.09 Å². The minimum Gasteiger partial charge on any atom is -0.444 e. The number of hydrogen-bond donors (Lipinski definition) is 0. The number of carbonyl (C=O) groups is 4. The van der Waals surface area contributed by atoms with Gasteiger partial charge in [0.15, 0.2) is 0 Å². The van der Waals surface area contributed by atoms with Crippen molar-refractivity contribution in [2.75, 3.05) is 19.6 Å². The largest absolute Gasteiger partial charge is 0.444 e. The van der Waals surface area contributed by atoms with Crippen molar-refractivity contribution in [3.8, 4) is 0 Å². The van der Waals surface area contributed by atoms with Crippen LogP contribution in [0.15, 0.2) is 30.3 Å². The Morgan fingerprint density at radius 1 is 1.04 bits per heavy atom. The summed E-state index contributed by atoms with van der Waals surface area (Å²) in [6.07, 6.45) is -0.218. The molecule has 2 amide bonds. The molecular weight excluding hydrogens is 336 g/mol. The predicted molar refractivity (Wildman–Crippen MR) is 96.4 cm³/mol. The second-order valence-corrected chi connectivity index (χ2v) is 6.96. The van der Waals surface area contributed by atoms with Crippen molar-refractivity contribution < 1.29 is 23.9 Å². The molecule has 0 atom stereocenters. The van der Waals surface area contributed by atoms with Crippen molar-refractivity contribution in [1.29, 1.82) is 0 Å². The Morgan fingerprint density at radius 3 is 2.15 bits per heavy atom. The van der Waals surface area contributed by atoms with Crippen molar-refractivity contribution in [3.63, 3.8) is 0 Å². The van der Waals surface area contributed by atoms with Gasteiger partial charge in [0.25, 0.3) is 0 Å². The molecule has 0 heterocycles. The summed E-state index contributed by atoms with van der Waals surface area (Å²) in [6.45, 7) is 6.05. The highest BCUT2D eigenvalue weighted by molar-refractivity contribution is 5.87. The van der Waals surface area contributed by atoms with E-state index in [2.05, 4.69) is 0 Å². The van der Waals surface area contributed by atoms with Gasteiger partial charge in [-0.25, -0.2) is 4.79 Å². The molecule has 0 saturated heterocycles. The third-order valence-corrected chi connectivity index (χ3v) is 3.26. The Balaban J connectivity index is 2.88. The van der Waals surface area contributed by atoms with Crippen LogP contribution in [0.3, 0.4) is 0 Å². The third kappa shape index (κ3) is 7.92. The fourth-order valence-electron chi connectivity index (χ4n) is 2.19. The molecule has 0 N–H and O–H groups in total. The van der Waals surface area contributed by atoms with Crippen LogP contribution in [0.25, 0.3) is 0 Å². The molecule has 0 aliphatic carbocycles. The predicted octanol–water partition coefficient (Wildman–Crippen LogP) is 2.04. The lowest BCUT2D eigenvalue weighted by molar-refractivity contribution is -0.136. The molecular formula is C19H26N2O5. The fraction of sp³-hybridized carbons (Fsp3) is 0.474. The molecule has 0 aliphatic rings. The first-order valence-corrected chi connectivity index (χ1v) is 8.35. The van der Waals surface area contributed by atoms with Crippen molar-refractivity contribution >= 4 is 24.1 Å². The van der Waals surface area contributed by atoms with E-state index in [9.17, 15) is 19.2 Å². The Labute approximate surface area is 153 Å². The first-order valence-electron chi connectivity index (χ1n) is 8.35. The molecule has 7 heteroatoms. The fourth-order valence-corrected chi connectivity index (χ4v) is 2.19. The Morgan fingerprint density at radius 2 is 1.65 bits per heavy atom. The van der Waals surface area contributed by atoms with Gasteiger partial charge in [-0.2, -0.15) is 0 Å². The highest BCUT2D eigenvalue weighted by Crippen LogP contribution is 2.11. The summed E-state index contributed by atoms with van der Waals surface area (Å²) in [5, 5.41) is 0. The molecule has 1 aromatic rings. The van der Waals surface area contributed by atoms with Crippen LogP contribution in [-0.2, 0) is 25.7 Å². The molecule has 0 saturated carbocycles. The van der Waals surface area contributed by atoms with Gasteiger partial charge in [-0.1, -0.05) is 30.3 Å². The van der Waals surface area contributed by atoms with Crippen molar-refractivity contribution in [3.05, 3.63) is 35.9 Å². The zero-order valence-corrected chi connectivity index (χ0v) is 15.7. The smallest absolute Gasteiger partial charge is 0.411 e. The van der Waals surface area contributed by atoms with Crippen LogP contribution in [0.5, 0.6) is 0 Å². The van der Waals surface area contributed by atoms with Gasteiger partial charge in [-0.3, -0.25) is 14.5 Å². The average Bonchev–Trinajstić information content (AvgIpc) is 2.52. The van der Waals surface area contributed by atoms with Crippen molar-refractivity contribution in [1.82, 2.24) is 9.80 Å². The highest BCUT2D eigenvalue weighted by Gasteiger charge is 2.26. The molecule has 0 aliphatic heterocycles. The van der Waals surface area contributed by atoms with Gasteiger partial charge < -0.3 is 14.4 Å². The number of hydrogen-bond acceptors (Lipinski definition) is 5. The Bertz CT molecular complexity index is 637. The van der Waals surface area contributed by atoms with E-state index in [4.69, 9.17) is 4.74 Å². The standard InChI is InChI=1S/C19H26N2O5/c1-15(23)12-21(13-16-8-6-5-7-9-16)17(24)14-20(10-11-22)18(25)26-19(2,3)4/h5-9,11H,10,12-14H2,1-4H3. The van der Waals surface area contributed by atoms with E-state index < -0.39 is 17.6 Å². The molecule has 0 radical (unpaired) electrons. The van der Waals surface area contributed by atoms with Crippen LogP contribution in [0.2, 0.25) is 0 Å². The number of Topliss-reactive ketones (excluding diaryl/α,β-unsaturated/α-hetero) is 1. The van der Waals surface area contributed by atoms with Crippen LogP contribution < -0.4 is 0 Å². The summed E-state index contributed by atoms with van der Waals surface area (Å²) in [5.74, 6) is -0.606. The number of aldehydes is 1. The summed E-state index contributed by atoms with van der Waals surface area (Å²) in [4.78, 5) is 49.6. The van der Waals surface area contributed by atoms with Gasteiger partial charge in [0.1, 0.15) is 24.2 Å². The third-order valence-electron chi connectivity index (χ3n) is 3.26. The lowest BCUT2D eigenvalue weighted by Gasteiger charge is -2.28. The molecule has 0 fully saturated rings. The maximum atomic E-state index is 12.6. The summed E-state index contributed by atoms with van der Waals surface area (Å²) < 4.78 is 5.22. The molecule has 0 spiro atoms. The minimum atomic E-state index is -0.750.